The third-order valence-electron chi connectivity index (χ3n) is 6.72. The number of benzene rings is 3. The van der Waals surface area contributed by atoms with Gasteiger partial charge in [-0.1, -0.05) is 12.1 Å². The molecular formula is C27H21ClF3NO4. The van der Waals surface area contributed by atoms with Gasteiger partial charge in [0.2, 0.25) is 12.5 Å². The Kier molecular flexibility index (Phi) is 5.87. The molecule has 4 aromatic rings. The number of nitrogens with zero attached hydrogens (tertiary/aromatic N) is 1. The molecule has 0 unspecified atom stereocenters. The minimum absolute atomic E-state index is 0. The largest absolute Gasteiger partial charge is 1.00 e. The number of alkyl halides is 3. The number of rotatable bonds is 3. The van der Waals surface area contributed by atoms with Gasteiger partial charge in [0, 0.05) is 23.8 Å². The molecule has 0 radical (unpaired) electrons. The fourth-order valence-corrected chi connectivity index (χ4v) is 5.01. The quantitative estimate of drug-likeness (QED) is 0.426. The second-order valence-electron chi connectivity index (χ2n) is 8.71. The number of ether oxygens (including phenoxy) is 3. The van der Waals surface area contributed by atoms with Crippen LogP contribution in [0.4, 0.5) is 13.2 Å². The molecule has 5 nitrogen and oxygen atoms in total. The van der Waals surface area contributed by atoms with Gasteiger partial charge in [-0.05, 0) is 47.5 Å². The van der Waals surface area contributed by atoms with Crippen LogP contribution < -0.4 is 31.2 Å². The van der Waals surface area contributed by atoms with Gasteiger partial charge in [-0.25, -0.2) is 0 Å². The summed E-state index contributed by atoms with van der Waals surface area (Å²) in [6.07, 6.45) is -1.34. The lowest BCUT2D eigenvalue weighted by atomic mass is 9.88. The van der Waals surface area contributed by atoms with E-state index in [2.05, 4.69) is 4.57 Å². The van der Waals surface area contributed by atoms with E-state index in [0.29, 0.717) is 35.6 Å². The van der Waals surface area contributed by atoms with Gasteiger partial charge in [0.1, 0.15) is 0 Å². The van der Waals surface area contributed by atoms with Crippen LogP contribution in [0.1, 0.15) is 22.3 Å². The molecule has 9 heteroatoms. The van der Waals surface area contributed by atoms with Gasteiger partial charge in [-0.15, -0.1) is 0 Å². The Balaban J connectivity index is 0.00000267. The van der Waals surface area contributed by atoms with Crippen LogP contribution in [-0.2, 0) is 25.6 Å². The maximum atomic E-state index is 13.1. The molecule has 1 N–H and O–H groups in total. The molecule has 3 heterocycles. The third-order valence-corrected chi connectivity index (χ3v) is 6.72. The number of pyridine rings is 1. The zero-order chi connectivity index (χ0) is 24.3. The van der Waals surface area contributed by atoms with Crippen molar-refractivity contribution in [1.82, 2.24) is 0 Å². The van der Waals surface area contributed by atoms with Crippen molar-refractivity contribution in [3.63, 3.8) is 0 Å². The SMILES string of the molecule is COc1ccc2c(Cc3ccc(C(F)(F)F)cc3)c3[n+](cc2c1O)CCc1cc2c(cc1-3)OCO2.[Cl-]. The third kappa shape index (κ3) is 3.86. The minimum Gasteiger partial charge on any atom is -1.00 e. The summed E-state index contributed by atoms with van der Waals surface area (Å²) in [4.78, 5) is 0. The van der Waals surface area contributed by atoms with Crippen LogP contribution in [0.3, 0.4) is 0 Å². The Morgan fingerprint density at radius 3 is 2.42 bits per heavy atom. The van der Waals surface area contributed by atoms with Crippen molar-refractivity contribution in [1.29, 1.82) is 0 Å². The van der Waals surface area contributed by atoms with E-state index in [1.54, 1.807) is 6.07 Å². The Hall–Kier alpha value is -3.65. The fourth-order valence-electron chi connectivity index (χ4n) is 5.01. The Morgan fingerprint density at radius 2 is 1.72 bits per heavy atom. The van der Waals surface area contributed by atoms with E-state index < -0.39 is 11.7 Å². The number of methoxy groups -OCH3 is 1. The van der Waals surface area contributed by atoms with E-state index in [1.807, 2.05) is 24.4 Å². The first-order valence-corrected chi connectivity index (χ1v) is 11.2. The van der Waals surface area contributed by atoms with E-state index in [4.69, 9.17) is 14.2 Å². The second kappa shape index (κ2) is 8.78. The van der Waals surface area contributed by atoms with Gasteiger partial charge in [0.15, 0.2) is 35.7 Å². The number of aryl methyl sites for hydroxylation is 2. The van der Waals surface area contributed by atoms with Gasteiger partial charge < -0.3 is 31.7 Å². The number of aromatic nitrogens is 1. The van der Waals surface area contributed by atoms with Crippen molar-refractivity contribution < 1.29 is 49.5 Å². The lowest BCUT2D eigenvalue weighted by molar-refractivity contribution is -0.686. The highest BCUT2D eigenvalue weighted by atomic mass is 35.5. The highest BCUT2D eigenvalue weighted by Gasteiger charge is 2.33. The predicted molar refractivity (Wildman–Crippen MR) is 122 cm³/mol. The molecule has 0 atom stereocenters. The van der Waals surface area contributed by atoms with E-state index in [1.165, 1.54) is 19.2 Å². The molecule has 186 valence electrons. The van der Waals surface area contributed by atoms with Crippen LogP contribution in [0.25, 0.3) is 22.0 Å². The lowest BCUT2D eigenvalue weighted by Crippen LogP contribution is -3.00. The van der Waals surface area contributed by atoms with Crippen molar-refractivity contribution in [2.24, 2.45) is 0 Å². The van der Waals surface area contributed by atoms with E-state index in [0.717, 1.165) is 51.9 Å². The highest BCUT2D eigenvalue weighted by Crippen LogP contribution is 2.44. The molecule has 36 heavy (non-hydrogen) atoms. The summed E-state index contributed by atoms with van der Waals surface area (Å²) >= 11 is 0. The van der Waals surface area contributed by atoms with Gasteiger partial charge in [-0.3, -0.25) is 0 Å². The summed E-state index contributed by atoms with van der Waals surface area (Å²) in [6, 6.07) is 12.8. The maximum absolute atomic E-state index is 13.1. The van der Waals surface area contributed by atoms with Crippen LogP contribution in [-0.4, -0.2) is 19.0 Å². The lowest BCUT2D eigenvalue weighted by Gasteiger charge is -2.20. The van der Waals surface area contributed by atoms with Crippen molar-refractivity contribution in [2.75, 3.05) is 13.9 Å². The van der Waals surface area contributed by atoms with Crippen LogP contribution >= 0.6 is 0 Å². The smallest absolute Gasteiger partial charge is 0.416 e. The Labute approximate surface area is 211 Å². The molecule has 0 fully saturated rings. The molecule has 0 amide bonds. The molecular weight excluding hydrogens is 495 g/mol. The molecule has 0 aliphatic carbocycles. The van der Waals surface area contributed by atoms with Gasteiger partial charge in [0.25, 0.3) is 0 Å². The van der Waals surface area contributed by atoms with Crippen LogP contribution in [0, 0.1) is 0 Å². The Bertz CT molecular complexity index is 1490. The zero-order valence-corrected chi connectivity index (χ0v) is 19.9. The Morgan fingerprint density at radius 1 is 1.00 bits per heavy atom. The molecule has 0 spiro atoms. The summed E-state index contributed by atoms with van der Waals surface area (Å²) in [7, 11) is 1.49. The molecule has 0 saturated heterocycles. The highest BCUT2D eigenvalue weighted by molar-refractivity contribution is 5.95. The van der Waals surface area contributed by atoms with Gasteiger partial charge >= 0.3 is 6.18 Å². The van der Waals surface area contributed by atoms with Crippen molar-refractivity contribution in [2.45, 2.75) is 25.6 Å². The van der Waals surface area contributed by atoms with Gasteiger partial charge in [0.05, 0.1) is 23.6 Å². The predicted octanol–water partition coefficient (Wildman–Crippen LogP) is 2.41. The normalized spacial score (nSPS) is 13.7. The van der Waals surface area contributed by atoms with Crippen LogP contribution in [0.5, 0.6) is 23.0 Å². The monoisotopic (exact) mass is 515 g/mol. The van der Waals surface area contributed by atoms with Crippen molar-refractivity contribution in [3.8, 4) is 34.3 Å². The number of halogens is 4. The first kappa shape index (κ1) is 24.1. The summed E-state index contributed by atoms with van der Waals surface area (Å²) in [5.41, 5.74) is 3.99. The standard InChI is InChI=1S/C27H20F3NO4.ClH/c1-33-22-7-6-18-20(10-15-2-4-17(5-3-15)27(28,29)30)25-19-12-24-23(34-14-35-24)11-16(19)8-9-31(25)13-21(18)26(22)32;/h2-7,11-13H,8-10,14H2,1H3;1H. The average Bonchev–Trinajstić information content (AvgIpc) is 3.30. The molecule has 0 saturated carbocycles. The molecule has 2 aliphatic rings. The number of aromatic hydroxyl groups is 1. The number of hydrogen-bond donors (Lipinski definition) is 1. The zero-order valence-electron chi connectivity index (χ0n) is 19.2. The molecule has 6 rings (SSSR count). The number of fused-ring (bicyclic) bond motifs is 5. The average molecular weight is 516 g/mol. The number of hydrogen-bond acceptors (Lipinski definition) is 4. The first-order chi connectivity index (χ1) is 16.8. The summed E-state index contributed by atoms with van der Waals surface area (Å²) in [5, 5.41) is 12.3. The van der Waals surface area contributed by atoms with Crippen molar-refractivity contribution in [3.05, 3.63) is 77.0 Å². The summed E-state index contributed by atoms with van der Waals surface area (Å²) in [6.45, 7) is 0.844. The van der Waals surface area contributed by atoms with Crippen molar-refractivity contribution >= 4 is 10.8 Å². The fraction of sp³-hybridized carbons (Fsp3) is 0.222. The second-order valence-corrected chi connectivity index (χ2v) is 8.71. The van der Waals surface area contributed by atoms with Gasteiger partial charge in [-0.2, -0.15) is 17.7 Å². The molecule has 2 aliphatic heterocycles. The van der Waals surface area contributed by atoms with E-state index in [-0.39, 0.29) is 24.9 Å². The summed E-state index contributed by atoms with van der Waals surface area (Å²) < 4.78 is 57.9. The topological polar surface area (TPSA) is 51.8 Å². The minimum atomic E-state index is -4.39. The van der Waals surface area contributed by atoms with Crippen LogP contribution in [0.2, 0.25) is 0 Å². The molecule has 1 aromatic heterocycles. The number of phenols is 1. The molecule has 3 aromatic carbocycles. The number of phenolic OH excluding ortho intramolecular Hbond substituents is 1. The first-order valence-electron chi connectivity index (χ1n) is 11.2. The summed E-state index contributed by atoms with van der Waals surface area (Å²) in [5.74, 6) is 1.77. The maximum Gasteiger partial charge on any atom is 0.416 e. The molecule has 0 bridgehead atoms. The van der Waals surface area contributed by atoms with E-state index >= 15 is 0 Å². The van der Waals surface area contributed by atoms with Crippen LogP contribution in [0.15, 0.2) is 54.7 Å². The van der Waals surface area contributed by atoms with E-state index in [9.17, 15) is 18.3 Å².